The van der Waals surface area contributed by atoms with E-state index >= 15 is 0 Å². The predicted molar refractivity (Wildman–Crippen MR) is 78.5 cm³/mol. The number of nitrogens with two attached hydrogens (primary N) is 1. The van der Waals surface area contributed by atoms with E-state index in [-0.39, 0.29) is 0 Å². The molecule has 0 spiro atoms. The molecule has 0 radical (unpaired) electrons. The van der Waals surface area contributed by atoms with Crippen molar-refractivity contribution in [3.8, 4) is 16.5 Å². The molecule has 4 nitrogen and oxygen atoms in total. The number of aromatic nitrogens is 1. The molecule has 0 aliphatic carbocycles. The van der Waals surface area contributed by atoms with E-state index in [4.69, 9.17) is 14.9 Å². The number of thiazole rings is 1. The smallest absolute Gasteiger partial charge is 0.162 e. The van der Waals surface area contributed by atoms with Crippen LogP contribution in [-0.4, -0.2) is 4.98 Å². The van der Waals surface area contributed by atoms with Crippen molar-refractivity contribution in [1.29, 1.82) is 0 Å². The zero-order chi connectivity index (χ0) is 13.8. The first-order valence-electron chi connectivity index (χ1n) is 6.25. The van der Waals surface area contributed by atoms with E-state index in [1.54, 1.807) is 17.6 Å². The van der Waals surface area contributed by atoms with Crippen molar-refractivity contribution in [3.05, 3.63) is 59.3 Å². The molecule has 5 heteroatoms. The Morgan fingerprint density at radius 3 is 3.00 bits per heavy atom. The molecule has 3 aromatic rings. The molecule has 0 aliphatic heterocycles. The van der Waals surface area contributed by atoms with Crippen LogP contribution in [0.2, 0.25) is 0 Å². The average Bonchev–Trinajstić information content (AvgIpc) is 3.16. The van der Waals surface area contributed by atoms with Crippen molar-refractivity contribution in [1.82, 2.24) is 4.98 Å². The molecule has 0 fully saturated rings. The van der Waals surface area contributed by atoms with E-state index in [9.17, 15) is 0 Å². The molecule has 0 amide bonds. The highest BCUT2D eigenvalue weighted by Crippen LogP contribution is 2.24. The molecule has 0 unspecified atom stereocenters. The summed E-state index contributed by atoms with van der Waals surface area (Å²) in [5.41, 5.74) is 7.55. The van der Waals surface area contributed by atoms with Gasteiger partial charge in [-0.15, -0.1) is 11.3 Å². The summed E-state index contributed by atoms with van der Waals surface area (Å²) in [6, 6.07) is 11.5. The van der Waals surface area contributed by atoms with Crippen LogP contribution in [0.1, 0.15) is 11.3 Å². The second kappa shape index (κ2) is 5.90. The highest BCUT2D eigenvalue weighted by atomic mass is 32.1. The number of hydrogen-bond donors (Lipinski definition) is 1. The summed E-state index contributed by atoms with van der Waals surface area (Å²) in [4.78, 5) is 4.49. The molecule has 1 aromatic carbocycles. The molecule has 2 N–H and O–H groups in total. The number of rotatable bonds is 5. The van der Waals surface area contributed by atoms with Crippen LogP contribution in [0.5, 0.6) is 5.75 Å². The van der Waals surface area contributed by atoms with Gasteiger partial charge in [-0.05, 0) is 29.8 Å². The average molecular weight is 286 g/mol. The fourth-order valence-corrected chi connectivity index (χ4v) is 2.58. The van der Waals surface area contributed by atoms with E-state index < -0.39 is 0 Å². The maximum atomic E-state index is 5.72. The van der Waals surface area contributed by atoms with Crippen LogP contribution < -0.4 is 10.5 Å². The lowest BCUT2D eigenvalue weighted by Gasteiger charge is -2.05. The number of ether oxygens (including phenoxy) is 1. The topological polar surface area (TPSA) is 61.3 Å². The Labute approximate surface area is 120 Å². The molecule has 0 aliphatic rings. The second-order valence-electron chi connectivity index (χ2n) is 4.26. The predicted octanol–water partition coefficient (Wildman–Crippen LogP) is 3.44. The first-order chi connectivity index (χ1) is 9.85. The van der Waals surface area contributed by atoms with Gasteiger partial charge in [-0.1, -0.05) is 12.1 Å². The van der Waals surface area contributed by atoms with Crippen LogP contribution in [0.25, 0.3) is 10.8 Å². The van der Waals surface area contributed by atoms with E-state index in [2.05, 4.69) is 4.98 Å². The van der Waals surface area contributed by atoms with Gasteiger partial charge in [0, 0.05) is 11.9 Å². The molecule has 102 valence electrons. The Morgan fingerprint density at radius 2 is 2.20 bits per heavy atom. The van der Waals surface area contributed by atoms with Crippen LogP contribution in [0.15, 0.2) is 52.5 Å². The maximum Gasteiger partial charge on any atom is 0.162 e. The van der Waals surface area contributed by atoms with Gasteiger partial charge in [0.05, 0.1) is 12.0 Å². The molecule has 20 heavy (non-hydrogen) atoms. The van der Waals surface area contributed by atoms with Crippen LogP contribution in [0, 0.1) is 0 Å². The Bertz CT molecular complexity index is 677. The number of nitrogens with zero attached hydrogens (tertiary/aromatic N) is 1. The Balaban J connectivity index is 1.66. The summed E-state index contributed by atoms with van der Waals surface area (Å²) >= 11 is 1.55. The van der Waals surface area contributed by atoms with E-state index in [0.717, 1.165) is 27.8 Å². The highest BCUT2D eigenvalue weighted by molar-refractivity contribution is 7.13. The third-order valence-corrected chi connectivity index (χ3v) is 3.71. The van der Waals surface area contributed by atoms with Crippen molar-refractivity contribution in [2.45, 2.75) is 13.2 Å². The summed E-state index contributed by atoms with van der Waals surface area (Å²) < 4.78 is 11.0. The van der Waals surface area contributed by atoms with Gasteiger partial charge < -0.3 is 14.9 Å². The molecular weight excluding hydrogens is 272 g/mol. The van der Waals surface area contributed by atoms with Gasteiger partial charge in [0.2, 0.25) is 0 Å². The molecule has 0 atom stereocenters. The minimum Gasteiger partial charge on any atom is -0.487 e. The van der Waals surface area contributed by atoms with Crippen LogP contribution in [0.4, 0.5) is 0 Å². The van der Waals surface area contributed by atoms with Crippen molar-refractivity contribution in [2.24, 2.45) is 5.73 Å². The van der Waals surface area contributed by atoms with Gasteiger partial charge in [-0.25, -0.2) is 4.98 Å². The summed E-state index contributed by atoms with van der Waals surface area (Å²) in [6.07, 6.45) is 1.64. The molecule has 0 bridgehead atoms. The zero-order valence-corrected chi connectivity index (χ0v) is 11.6. The summed E-state index contributed by atoms with van der Waals surface area (Å²) in [5.74, 6) is 1.59. The minimum absolute atomic E-state index is 0.436. The zero-order valence-electron chi connectivity index (χ0n) is 10.8. The summed E-state index contributed by atoms with van der Waals surface area (Å²) in [7, 11) is 0. The van der Waals surface area contributed by atoms with Crippen molar-refractivity contribution in [2.75, 3.05) is 0 Å². The van der Waals surface area contributed by atoms with Gasteiger partial charge in [-0.3, -0.25) is 0 Å². The van der Waals surface area contributed by atoms with Crippen LogP contribution >= 0.6 is 11.3 Å². The third kappa shape index (κ3) is 2.89. The molecule has 0 saturated heterocycles. The lowest BCUT2D eigenvalue weighted by atomic mass is 10.2. The van der Waals surface area contributed by atoms with Gasteiger partial charge >= 0.3 is 0 Å². The van der Waals surface area contributed by atoms with E-state index in [0.29, 0.717) is 13.2 Å². The lowest BCUT2D eigenvalue weighted by molar-refractivity contribution is 0.302. The minimum atomic E-state index is 0.436. The SMILES string of the molecule is NCc1cccc(OCc2csc(-c3ccco3)n2)c1. The lowest BCUT2D eigenvalue weighted by Crippen LogP contribution is -1.99. The van der Waals surface area contributed by atoms with Gasteiger partial charge in [-0.2, -0.15) is 0 Å². The Morgan fingerprint density at radius 1 is 1.25 bits per heavy atom. The molecule has 2 heterocycles. The first-order valence-corrected chi connectivity index (χ1v) is 7.13. The highest BCUT2D eigenvalue weighted by Gasteiger charge is 2.07. The van der Waals surface area contributed by atoms with Crippen molar-refractivity contribution in [3.63, 3.8) is 0 Å². The number of hydrogen-bond acceptors (Lipinski definition) is 5. The Kier molecular flexibility index (Phi) is 3.80. The monoisotopic (exact) mass is 286 g/mol. The van der Waals surface area contributed by atoms with Crippen molar-refractivity contribution < 1.29 is 9.15 Å². The largest absolute Gasteiger partial charge is 0.487 e. The molecule has 0 saturated carbocycles. The second-order valence-corrected chi connectivity index (χ2v) is 5.12. The number of benzene rings is 1. The standard InChI is InChI=1S/C15H14N2O2S/c16-8-11-3-1-4-13(7-11)19-9-12-10-20-15(17-12)14-5-2-6-18-14/h1-7,10H,8-9,16H2. The molecule has 2 aromatic heterocycles. The molecule has 3 rings (SSSR count). The Hall–Kier alpha value is -2.11. The van der Waals surface area contributed by atoms with Crippen LogP contribution in [0.3, 0.4) is 0 Å². The van der Waals surface area contributed by atoms with E-state index in [1.807, 2.05) is 41.8 Å². The first kappa shape index (κ1) is 12.9. The number of furan rings is 1. The molecular formula is C15H14N2O2S. The normalized spacial score (nSPS) is 10.7. The quantitative estimate of drug-likeness (QED) is 0.780. The van der Waals surface area contributed by atoms with E-state index in [1.165, 1.54) is 0 Å². The van der Waals surface area contributed by atoms with Gasteiger partial charge in [0.1, 0.15) is 12.4 Å². The van der Waals surface area contributed by atoms with Gasteiger partial charge in [0.25, 0.3) is 0 Å². The van der Waals surface area contributed by atoms with Gasteiger partial charge in [0.15, 0.2) is 10.8 Å². The maximum absolute atomic E-state index is 5.72. The summed E-state index contributed by atoms with van der Waals surface area (Å²) in [5, 5.41) is 2.84. The van der Waals surface area contributed by atoms with Crippen LogP contribution in [-0.2, 0) is 13.2 Å². The fraction of sp³-hybridized carbons (Fsp3) is 0.133. The summed E-state index contributed by atoms with van der Waals surface area (Å²) in [6.45, 7) is 0.946. The third-order valence-electron chi connectivity index (χ3n) is 2.80. The van der Waals surface area contributed by atoms with Crippen molar-refractivity contribution >= 4 is 11.3 Å². The fourth-order valence-electron chi connectivity index (χ4n) is 1.81.